The van der Waals surface area contributed by atoms with Crippen LogP contribution in [-0.4, -0.2) is 6.54 Å². The first-order valence-electron chi connectivity index (χ1n) is 7.24. The van der Waals surface area contributed by atoms with Crippen molar-refractivity contribution < 1.29 is 4.39 Å². The topological polar surface area (TPSA) is 12.0 Å². The number of halogens is 1. The molecule has 20 heavy (non-hydrogen) atoms. The third-order valence-corrected chi connectivity index (χ3v) is 3.70. The largest absolute Gasteiger partial charge is 0.307 e. The maximum absolute atomic E-state index is 13.3. The highest BCUT2D eigenvalue weighted by Crippen LogP contribution is 2.28. The van der Waals surface area contributed by atoms with Crippen molar-refractivity contribution in [1.82, 2.24) is 5.32 Å². The van der Waals surface area contributed by atoms with Crippen molar-refractivity contribution in [2.45, 2.75) is 33.2 Å². The van der Waals surface area contributed by atoms with Crippen LogP contribution in [-0.2, 0) is 6.42 Å². The zero-order valence-corrected chi connectivity index (χ0v) is 12.4. The first kappa shape index (κ1) is 14.7. The second-order valence-corrected chi connectivity index (χ2v) is 5.04. The predicted molar refractivity (Wildman–Crippen MR) is 82.5 cm³/mol. The van der Waals surface area contributed by atoms with Gasteiger partial charge in [-0.05, 0) is 54.3 Å². The van der Waals surface area contributed by atoms with Gasteiger partial charge in [-0.3, -0.25) is 0 Å². The van der Waals surface area contributed by atoms with Gasteiger partial charge in [0.1, 0.15) is 5.82 Å². The molecule has 0 bridgehead atoms. The maximum atomic E-state index is 13.3. The van der Waals surface area contributed by atoms with E-state index < -0.39 is 0 Å². The molecule has 0 heterocycles. The minimum Gasteiger partial charge on any atom is -0.307 e. The minimum absolute atomic E-state index is 0.122. The van der Waals surface area contributed by atoms with Crippen LogP contribution in [0.1, 0.15) is 42.1 Å². The summed E-state index contributed by atoms with van der Waals surface area (Å²) in [4.78, 5) is 0. The van der Waals surface area contributed by atoms with Gasteiger partial charge in [0, 0.05) is 0 Å². The smallest absolute Gasteiger partial charge is 0.123 e. The lowest BCUT2D eigenvalue weighted by Crippen LogP contribution is -2.24. The Hall–Kier alpha value is -1.67. The van der Waals surface area contributed by atoms with Crippen LogP contribution in [0, 0.1) is 12.7 Å². The molecular weight excluding hydrogens is 249 g/mol. The van der Waals surface area contributed by atoms with Crippen LogP contribution in [0.15, 0.2) is 42.5 Å². The zero-order chi connectivity index (χ0) is 14.5. The fraction of sp³-hybridized carbons (Fsp3) is 0.333. The molecule has 0 fully saturated rings. The van der Waals surface area contributed by atoms with Crippen LogP contribution in [0.25, 0.3) is 0 Å². The molecule has 2 rings (SSSR count). The van der Waals surface area contributed by atoms with Gasteiger partial charge in [-0.25, -0.2) is 4.39 Å². The Bertz CT molecular complexity index is 577. The number of hydrogen-bond acceptors (Lipinski definition) is 1. The van der Waals surface area contributed by atoms with Crippen molar-refractivity contribution in [1.29, 1.82) is 0 Å². The number of nitrogens with one attached hydrogen (secondary N) is 1. The summed E-state index contributed by atoms with van der Waals surface area (Å²) in [6.45, 7) is 7.11. The molecule has 106 valence electrons. The molecule has 0 amide bonds. The second-order valence-electron chi connectivity index (χ2n) is 5.04. The highest BCUT2D eigenvalue weighted by atomic mass is 19.1. The number of benzene rings is 2. The SMILES string of the molecule is CCNC(c1ccc(F)cc1C)c1ccccc1CC. The Morgan fingerprint density at radius 1 is 1.05 bits per heavy atom. The lowest BCUT2D eigenvalue weighted by molar-refractivity contribution is 0.607. The molecule has 2 aromatic rings. The van der Waals surface area contributed by atoms with E-state index in [2.05, 4.69) is 43.4 Å². The maximum Gasteiger partial charge on any atom is 0.123 e. The summed E-state index contributed by atoms with van der Waals surface area (Å²) in [5.74, 6) is -0.176. The van der Waals surface area contributed by atoms with Crippen LogP contribution in [0.4, 0.5) is 4.39 Å². The Labute approximate surface area is 120 Å². The van der Waals surface area contributed by atoms with E-state index in [0.717, 1.165) is 24.1 Å². The normalized spacial score (nSPS) is 12.4. The molecule has 1 unspecified atom stereocenters. The molecule has 0 aliphatic heterocycles. The third-order valence-electron chi connectivity index (χ3n) is 3.70. The van der Waals surface area contributed by atoms with Gasteiger partial charge in [-0.2, -0.15) is 0 Å². The lowest BCUT2D eigenvalue weighted by Gasteiger charge is -2.23. The standard InChI is InChI=1S/C18H22FN/c1-4-14-8-6-7-9-17(14)18(20-5-2)16-11-10-15(19)12-13(16)3/h6-12,18,20H,4-5H2,1-3H3. The molecule has 1 nitrogen and oxygen atoms in total. The number of aryl methyl sites for hydroxylation is 2. The Morgan fingerprint density at radius 3 is 2.45 bits per heavy atom. The van der Waals surface area contributed by atoms with Crippen molar-refractivity contribution in [3.8, 4) is 0 Å². The van der Waals surface area contributed by atoms with Crippen LogP contribution in [0.5, 0.6) is 0 Å². The molecule has 2 heteroatoms. The summed E-state index contributed by atoms with van der Waals surface area (Å²) >= 11 is 0. The van der Waals surface area contributed by atoms with Crippen molar-refractivity contribution in [2.24, 2.45) is 0 Å². The van der Waals surface area contributed by atoms with E-state index in [-0.39, 0.29) is 11.9 Å². The quantitative estimate of drug-likeness (QED) is 0.850. The second kappa shape index (κ2) is 6.67. The van der Waals surface area contributed by atoms with Gasteiger partial charge < -0.3 is 5.32 Å². The Balaban J connectivity index is 2.50. The van der Waals surface area contributed by atoms with Gasteiger partial charge >= 0.3 is 0 Å². The molecule has 0 aliphatic carbocycles. The summed E-state index contributed by atoms with van der Waals surface area (Å²) in [5.41, 5.74) is 4.75. The first-order valence-corrected chi connectivity index (χ1v) is 7.24. The average Bonchev–Trinajstić information content (AvgIpc) is 2.45. The summed E-state index contributed by atoms with van der Waals surface area (Å²) in [6, 6.07) is 13.6. The van der Waals surface area contributed by atoms with E-state index in [4.69, 9.17) is 0 Å². The highest BCUT2D eigenvalue weighted by molar-refractivity contribution is 5.40. The van der Waals surface area contributed by atoms with Crippen LogP contribution < -0.4 is 5.32 Å². The van der Waals surface area contributed by atoms with E-state index >= 15 is 0 Å². The molecule has 0 aliphatic rings. The van der Waals surface area contributed by atoms with Gasteiger partial charge in [0.2, 0.25) is 0 Å². The molecule has 0 radical (unpaired) electrons. The third kappa shape index (κ3) is 3.07. The summed E-state index contributed by atoms with van der Waals surface area (Å²) < 4.78 is 13.3. The van der Waals surface area contributed by atoms with E-state index in [1.54, 1.807) is 12.1 Å². The minimum atomic E-state index is -0.176. The first-order chi connectivity index (χ1) is 9.67. The highest BCUT2D eigenvalue weighted by Gasteiger charge is 2.17. The average molecular weight is 271 g/mol. The van der Waals surface area contributed by atoms with Gasteiger partial charge in [-0.15, -0.1) is 0 Å². The van der Waals surface area contributed by atoms with Gasteiger partial charge in [0.15, 0.2) is 0 Å². The van der Waals surface area contributed by atoms with Crippen molar-refractivity contribution in [3.63, 3.8) is 0 Å². The van der Waals surface area contributed by atoms with Gasteiger partial charge in [-0.1, -0.05) is 44.2 Å². The molecule has 0 aromatic heterocycles. The van der Waals surface area contributed by atoms with Gasteiger partial charge in [0.05, 0.1) is 6.04 Å². The van der Waals surface area contributed by atoms with Crippen LogP contribution in [0.3, 0.4) is 0 Å². The molecule has 2 aromatic carbocycles. The monoisotopic (exact) mass is 271 g/mol. The number of hydrogen-bond donors (Lipinski definition) is 1. The zero-order valence-electron chi connectivity index (χ0n) is 12.4. The molecule has 1 N–H and O–H groups in total. The Morgan fingerprint density at radius 2 is 1.80 bits per heavy atom. The fourth-order valence-corrected chi connectivity index (χ4v) is 2.69. The lowest BCUT2D eigenvalue weighted by atomic mass is 9.91. The molecule has 0 spiro atoms. The van der Waals surface area contributed by atoms with Crippen molar-refractivity contribution >= 4 is 0 Å². The van der Waals surface area contributed by atoms with Crippen LogP contribution >= 0.6 is 0 Å². The van der Waals surface area contributed by atoms with E-state index in [0.29, 0.717) is 0 Å². The summed E-state index contributed by atoms with van der Waals surface area (Å²) in [6.07, 6.45) is 0.998. The summed E-state index contributed by atoms with van der Waals surface area (Å²) in [5, 5.41) is 3.53. The van der Waals surface area contributed by atoms with Crippen molar-refractivity contribution in [2.75, 3.05) is 6.54 Å². The number of rotatable bonds is 5. The summed E-state index contributed by atoms with van der Waals surface area (Å²) in [7, 11) is 0. The van der Waals surface area contributed by atoms with Gasteiger partial charge in [0.25, 0.3) is 0 Å². The van der Waals surface area contributed by atoms with Crippen LogP contribution in [0.2, 0.25) is 0 Å². The van der Waals surface area contributed by atoms with Crippen molar-refractivity contribution in [3.05, 3.63) is 70.5 Å². The fourth-order valence-electron chi connectivity index (χ4n) is 2.69. The molecule has 0 saturated carbocycles. The molecule has 1 atom stereocenters. The van der Waals surface area contributed by atoms with E-state index in [1.807, 2.05) is 13.0 Å². The molecule has 0 saturated heterocycles. The van der Waals surface area contributed by atoms with E-state index in [1.165, 1.54) is 11.1 Å². The Kier molecular flexibility index (Phi) is 4.91. The van der Waals surface area contributed by atoms with E-state index in [9.17, 15) is 4.39 Å². The predicted octanol–water partition coefficient (Wildman–Crippen LogP) is 4.40. The molecular formula is C18H22FN.